The molecule has 3 fully saturated rings. The highest BCUT2D eigenvalue weighted by molar-refractivity contribution is 5.08. The Kier molecular flexibility index (Phi) is 4.32. The van der Waals surface area contributed by atoms with E-state index in [1.165, 1.54) is 0 Å². The molecule has 3 rings (SSSR count). The quantitative estimate of drug-likeness (QED) is 0.622. The van der Waals surface area contributed by atoms with Crippen LogP contribution in [0.2, 0.25) is 0 Å². The Hall–Kier alpha value is -0.200. The van der Waals surface area contributed by atoms with E-state index < -0.39 is 0 Å². The lowest BCUT2D eigenvalue weighted by atomic mass is 9.48. The fraction of sp³-hybridized carbons (Fsp3) is 1.00. The third kappa shape index (κ3) is 2.53. The van der Waals surface area contributed by atoms with Gasteiger partial charge in [-0.15, -0.1) is 0 Å². The van der Waals surface area contributed by atoms with E-state index in [9.17, 15) is 5.11 Å². The molecule has 2 saturated carbocycles. The van der Waals surface area contributed by atoms with Crippen molar-refractivity contribution in [2.45, 2.75) is 57.3 Å². The van der Waals surface area contributed by atoms with Gasteiger partial charge in [0, 0.05) is 30.8 Å². The molecule has 5 nitrogen and oxygen atoms in total. The standard InChI is InChI=1S/C16H28O5/c1-14(4-3-13(14)17)15(11-19-12-18-2)5-7-16(8-6-15)20-9-10-21-16/h13,17H,3-12H2,1-2H3/t13-,14+/m1/s1. The van der Waals surface area contributed by atoms with E-state index in [0.29, 0.717) is 26.6 Å². The molecule has 122 valence electrons. The van der Waals surface area contributed by atoms with E-state index in [0.717, 1.165) is 38.5 Å². The molecule has 5 heteroatoms. The van der Waals surface area contributed by atoms with Crippen LogP contribution in [-0.2, 0) is 18.9 Å². The maximum absolute atomic E-state index is 10.3. The average Bonchev–Trinajstić information content (AvgIpc) is 2.96. The SMILES string of the molecule is COCOCC1([C@@]2(C)CC[C@H]2O)CCC2(CC1)OCCO2. The second-order valence-corrected chi connectivity index (χ2v) is 7.11. The van der Waals surface area contributed by atoms with Crippen LogP contribution in [0.4, 0.5) is 0 Å². The second-order valence-electron chi connectivity index (χ2n) is 7.11. The predicted molar refractivity (Wildman–Crippen MR) is 76.7 cm³/mol. The molecule has 1 saturated heterocycles. The number of methoxy groups -OCH3 is 1. The summed E-state index contributed by atoms with van der Waals surface area (Å²) >= 11 is 0. The summed E-state index contributed by atoms with van der Waals surface area (Å²) in [4.78, 5) is 0. The summed E-state index contributed by atoms with van der Waals surface area (Å²) in [6.07, 6.45) is 5.49. The number of ether oxygens (including phenoxy) is 4. The zero-order valence-electron chi connectivity index (χ0n) is 13.2. The molecule has 3 aliphatic rings. The fourth-order valence-electron chi connectivity index (χ4n) is 4.42. The third-order valence-corrected chi connectivity index (χ3v) is 6.25. The maximum atomic E-state index is 10.3. The molecule has 1 heterocycles. The number of aliphatic hydroxyl groups is 1. The van der Waals surface area contributed by atoms with Gasteiger partial charge < -0.3 is 24.1 Å². The lowest BCUT2D eigenvalue weighted by molar-refractivity contribution is -0.241. The van der Waals surface area contributed by atoms with Gasteiger partial charge in [0.15, 0.2) is 5.79 Å². The van der Waals surface area contributed by atoms with Crippen LogP contribution in [0.5, 0.6) is 0 Å². The minimum atomic E-state index is -0.365. The smallest absolute Gasteiger partial charge is 0.168 e. The first-order chi connectivity index (χ1) is 10.1. The summed E-state index contributed by atoms with van der Waals surface area (Å²) in [5.74, 6) is -0.365. The van der Waals surface area contributed by atoms with Gasteiger partial charge in [-0.05, 0) is 25.7 Å². The van der Waals surface area contributed by atoms with Crippen molar-refractivity contribution in [3.8, 4) is 0 Å². The largest absolute Gasteiger partial charge is 0.393 e. The van der Waals surface area contributed by atoms with E-state index in [2.05, 4.69) is 6.92 Å². The van der Waals surface area contributed by atoms with E-state index in [1.54, 1.807) is 7.11 Å². The Bertz CT molecular complexity index is 356. The highest BCUT2D eigenvalue weighted by atomic mass is 16.7. The number of hydrogen-bond acceptors (Lipinski definition) is 5. The highest BCUT2D eigenvalue weighted by Gasteiger charge is 2.60. The van der Waals surface area contributed by atoms with Crippen molar-refractivity contribution < 1.29 is 24.1 Å². The Morgan fingerprint density at radius 2 is 1.76 bits per heavy atom. The van der Waals surface area contributed by atoms with Gasteiger partial charge in [0.05, 0.1) is 25.9 Å². The fourth-order valence-corrected chi connectivity index (χ4v) is 4.42. The van der Waals surface area contributed by atoms with Crippen LogP contribution in [0.3, 0.4) is 0 Å². The molecule has 1 spiro atoms. The molecule has 0 unspecified atom stereocenters. The van der Waals surface area contributed by atoms with Crippen LogP contribution < -0.4 is 0 Å². The Morgan fingerprint density at radius 3 is 2.24 bits per heavy atom. The Balaban J connectivity index is 1.72. The van der Waals surface area contributed by atoms with Gasteiger partial charge in [0.1, 0.15) is 6.79 Å². The zero-order valence-corrected chi connectivity index (χ0v) is 13.2. The summed E-state index contributed by atoms with van der Waals surface area (Å²) < 4.78 is 22.4. The van der Waals surface area contributed by atoms with Gasteiger partial charge in [-0.3, -0.25) is 0 Å². The molecule has 0 aromatic heterocycles. The van der Waals surface area contributed by atoms with E-state index >= 15 is 0 Å². The summed E-state index contributed by atoms with van der Waals surface area (Å²) in [6.45, 7) is 4.57. The van der Waals surface area contributed by atoms with Crippen molar-refractivity contribution in [1.82, 2.24) is 0 Å². The first-order valence-corrected chi connectivity index (χ1v) is 8.09. The lowest BCUT2D eigenvalue weighted by Gasteiger charge is -2.60. The van der Waals surface area contributed by atoms with Gasteiger partial charge >= 0.3 is 0 Å². The predicted octanol–water partition coefficient (Wildman–Crippen LogP) is 2.07. The van der Waals surface area contributed by atoms with Crippen molar-refractivity contribution in [2.75, 3.05) is 33.7 Å². The van der Waals surface area contributed by atoms with Crippen LogP contribution >= 0.6 is 0 Å². The Labute approximate surface area is 126 Å². The number of rotatable bonds is 5. The first-order valence-electron chi connectivity index (χ1n) is 8.09. The first kappa shape index (κ1) is 15.7. The number of hydrogen-bond donors (Lipinski definition) is 1. The molecule has 1 aliphatic heterocycles. The van der Waals surface area contributed by atoms with Crippen molar-refractivity contribution in [2.24, 2.45) is 10.8 Å². The van der Waals surface area contributed by atoms with Gasteiger partial charge in [-0.25, -0.2) is 0 Å². The Morgan fingerprint density at radius 1 is 1.10 bits per heavy atom. The van der Waals surface area contributed by atoms with Crippen LogP contribution in [0.25, 0.3) is 0 Å². The molecule has 0 aromatic carbocycles. The van der Waals surface area contributed by atoms with Gasteiger partial charge in [0.25, 0.3) is 0 Å². The monoisotopic (exact) mass is 300 g/mol. The summed E-state index contributed by atoms with van der Waals surface area (Å²) in [5.41, 5.74) is -0.0509. The summed E-state index contributed by atoms with van der Waals surface area (Å²) in [6, 6.07) is 0. The van der Waals surface area contributed by atoms with Crippen LogP contribution in [-0.4, -0.2) is 50.7 Å². The third-order valence-electron chi connectivity index (χ3n) is 6.25. The summed E-state index contributed by atoms with van der Waals surface area (Å²) in [5, 5.41) is 10.3. The molecule has 2 atom stereocenters. The molecule has 2 aliphatic carbocycles. The van der Waals surface area contributed by atoms with E-state index in [1.807, 2.05) is 0 Å². The van der Waals surface area contributed by atoms with Crippen molar-refractivity contribution in [1.29, 1.82) is 0 Å². The van der Waals surface area contributed by atoms with Crippen LogP contribution in [0.1, 0.15) is 45.4 Å². The van der Waals surface area contributed by atoms with Gasteiger partial charge in [-0.1, -0.05) is 6.92 Å². The van der Waals surface area contributed by atoms with Crippen molar-refractivity contribution >= 4 is 0 Å². The molecular weight excluding hydrogens is 272 g/mol. The average molecular weight is 300 g/mol. The molecule has 0 radical (unpaired) electrons. The van der Waals surface area contributed by atoms with Gasteiger partial charge in [-0.2, -0.15) is 0 Å². The topological polar surface area (TPSA) is 57.2 Å². The highest BCUT2D eigenvalue weighted by Crippen LogP contribution is 2.61. The molecule has 0 aromatic rings. The van der Waals surface area contributed by atoms with Crippen LogP contribution in [0.15, 0.2) is 0 Å². The summed E-state index contributed by atoms with van der Waals surface area (Å²) in [7, 11) is 1.64. The molecule has 21 heavy (non-hydrogen) atoms. The maximum Gasteiger partial charge on any atom is 0.168 e. The zero-order chi connectivity index (χ0) is 15.0. The van der Waals surface area contributed by atoms with E-state index in [-0.39, 0.29) is 22.7 Å². The van der Waals surface area contributed by atoms with Gasteiger partial charge in [0.2, 0.25) is 0 Å². The lowest BCUT2D eigenvalue weighted by Crippen LogP contribution is -2.59. The molecule has 0 amide bonds. The molecular formula is C16H28O5. The van der Waals surface area contributed by atoms with Crippen LogP contribution in [0, 0.1) is 10.8 Å². The molecule has 1 N–H and O–H groups in total. The second kappa shape index (κ2) is 5.78. The number of aliphatic hydroxyl groups excluding tert-OH is 1. The van der Waals surface area contributed by atoms with E-state index in [4.69, 9.17) is 18.9 Å². The molecule has 0 bridgehead atoms. The van der Waals surface area contributed by atoms with Crippen molar-refractivity contribution in [3.63, 3.8) is 0 Å². The van der Waals surface area contributed by atoms with Crippen molar-refractivity contribution in [3.05, 3.63) is 0 Å². The minimum absolute atomic E-state index is 0.00373. The normalized spacial score (nSPS) is 37.6. The minimum Gasteiger partial charge on any atom is -0.393 e.